The number of piperazine rings is 1. The molecule has 132 valence electrons. The van der Waals surface area contributed by atoms with E-state index in [1.54, 1.807) is 7.11 Å². The van der Waals surface area contributed by atoms with Crippen molar-refractivity contribution < 1.29 is 14.3 Å². The third-order valence-electron chi connectivity index (χ3n) is 4.41. The molecule has 0 unspecified atom stereocenters. The van der Waals surface area contributed by atoms with Crippen molar-refractivity contribution in [2.45, 2.75) is 33.6 Å². The maximum atomic E-state index is 12.8. The molecule has 2 amide bonds. The highest BCUT2D eigenvalue weighted by Gasteiger charge is 2.26. The van der Waals surface area contributed by atoms with Gasteiger partial charge in [-0.05, 0) is 30.0 Å². The lowest BCUT2D eigenvalue weighted by Crippen LogP contribution is -2.50. The number of benzene rings is 1. The second-order valence-electron chi connectivity index (χ2n) is 6.66. The van der Waals surface area contributed by atoms with Gasteiger partial charge in [-0.2, -0.15) is 0 Å². The van der Waals surface area contributed by atoms with Gasteiger partial charge in [0, 0.05) is 32.6 Å². The van der Waals surface area contributed by atoms with Crippen molar-refractivity contribution >= 4 is 11.8 Å². The molecule has 5 nitrogen and oxygen atoms in total. The first kappa shape index (κ1) is 18.3. The van der Waals surface area contributed by atoms with Crippen molar-refractivity contribution in [3.05, 3.63) is 29.3 Å². The minimum absolute atomic E-state index is 0.0156. The normalized spacial score (nSPS) is 14.9. The summed E-state index contributed by atoms with van der Waals surface area (Å²) in [6.45, 7) is 8.51. The molecule has 1 fully saturated rings. The van der Waals surface area contributed by atoms with Crippen LogP contribution in [0.5, 0.6) is 5.75 Å². The largest absolute Gasteiger partial charge is 0.496 e. The van der Waals surface area contributed by atoms with E-state index in [4.69, 9.17) is 4.74 Å². The van der Waals surface area contributed by atoms with E-state index in [0.29, 0.717) is 49.8 Å². The summed E-state index contributed by atoms with van der Waals surface area (Å²) < 4.78 is 5.35. The SMILES string of the molecule is CCc1ccc(OC)c(C(=O)N2CCN(C(=O)CC(C)C)CC2)c1. The Kier molecular flexibility index (Phi) is 6.23. The molecular weight excluding hydrogens is 304 g/mol. The topological polar surface area (TPSA) is 49.9 Å². The molecule has 1 heterocycles. The quantitative estimate of drug-likeness (QED) is 0.833. The van der Waals surface area contributed by atoms with Gasteiger partial charge in [-0.1, -0.05) is 26.8 Å². The first-order valence-corrected chi connectivity index (χ1v) is 8.70. The highest BCUT2D eigenvalue weighted by Crippen LogP contribution is 2.23. The van der Waals surface area contributed by atoms with Crippen LogP contribution in [0.25, 0.3) is 0 Å². The molecule has 1 aliphatic rings. The van der Waals surface area contributed by atoms with Crippen molar-refractivity contribution in [1.29, 1.82) is 0 Å². The summed E-state index contributed by atoms with van der Waals surface area (Å²) in [5, 5.41) is 0. The molecule has 0 bridgehead atoms. The predicted molar refractivity (Wildman–Crippen MR) is 94.3 cm³/mol. The maximum absolute atomic E-state index is 12.8. The number of hydrogen-bond acceptors (Lipinski definition) is 3. The zero-order chi connectivity index (χ0) is 17.7. The fourth-order valence-corrected chi connectivity index (χ4v) is 2.95. The average Bonchev–Trinajstić information content (AvgIpc) is 2.60. The van der Waals surface area contributed by atoms with Crippen LogP contribution in [0, 0.1) is 5.92 Å². The Morgan fingerprint density at radius 1 is 1.12 bits per heavy atom. The first-order valence-electron chi connectivity index (χ1n) is 8.70. The van der Waals surface area contributed by atoms with Gasteiger partial charge in [0.2, 0.25) is 5.91 Å². The van der Waals surface area contributed by atoms with E-state index in [-0.39, 0.29) is 11.8 Å². The Morgan fingerprint density at radius 2 is 1.75 bits per heavy atom. The highest BCUT2D eigenvalue weighted by atomic mass is 16.5. The standard InChI is InChI=1S/C19H28N2O3/c1-5-15-6-7-17(24-4)16(13-15)19(23)21-10-8-20(9-11-21)18(22)12-14(2)3/h6-7,13-14H,5,8-12H2,1-4H3. The fraction of sp³-hybridized carbons (Fsp3) is 0.579. The van der Waals surface area contributed by atoms with Gasteiger partial charge in [-0.25, -0.2) is 0 Å². The predicted octanol–water partition coefficient (Wildman–Crippen LogP) is 2.59. The average molecular weight is 332 g/mol. The van der Waals surface area contributed by atoms with E-state index in [1.165, 1.54) is 0 Å². The van der Waals surface area contributed by atoms with Crippen molar-refractivity contribution in [3.63, 3.8) is 0 Å². The van der Waals surface area contributed by atoms with E-state index in [1.807, 2.05) is 41.8 Å². The van der Waals surface area contributed by atoms with Gasteiger partial charge in [0.15, 0.2) is 0 Å². The summed E-state index contributed by atoms with van der Waals surface area (Å²) in [5.74, 6) is 1.13. The molecule has 1 saturated heterocycles. The van der Waals surface area contributed by atoms with Gasteiger partial charge < -0.3 is 14.5 Å². The van der Waals surface area contributed by atoms with Crippen LogP contribution in [0.3, 0.4) is 0 Å². The molecule has 1 aromatic rings. The lowest BCUT2D eigenvalue weighted by molar-refractivity contribution is -0.133. The van der Waals surface area contributed by atoms with E-state index >= 15 is 0 Å². The summed E-state index contributed by atoms with van der Waals surface area (Å²) in [4.78, 5) is 28.7. The minimum atomic E-state index is -0.0156. The first-order chi connectivity index (χ1) is 11.5. The van der Waals surface area contributed by atoms with Crippen LogP contribution < -0.4 is 4.74 Å². The Hall–Kier alpha value is -2.04. The highest BCUT2D eigenvalue weighted by molar-refractivity contribution is 5.97. The Bertz CT molecular complexity index is 590. The van der Waals surface area contributed by atoms with Crippen molar-refractivity contribution in [2.24, 2.45) is 5.92 Å². The summed E-state index contributed by atoms with van der Waals surface area (Å²) in [5.41, 5.74) is 1.73. The Balaban J connectivity index is 2.04. The number of ether oxygens (including phenoxy) is 1. The summed E-state index contributed by atoms with van der Waals surface area (Å²) in [7, 11) is 1.58. The molecule has 24 heavy (non-hydrogen) atoms. The molecule has 0 spiro atoms. The number of methoxy groups -OCH3 is 1. The second-order valence-corrected chi connectivity index (χ2v) is 6.66. The van der Waals surface area contributed by atoms with Gasteiger partial charge in [-0.3, -0.25) is 9.59 Å². The number of aryl methyl sites for hydroxylation is 1. The van der Waals surface area contributed by atoms with Crippen molar-refractivity contribution in [3.8, 4) is 5.75 Å². The molecule has 0 aliphatic carbocycles. The fourth-order valence-electron chi connectivity index (χ4n) is 2.95. The van der Waals surface area contributed by atoms with Crippen LogP contribution >= 0.6 is 0 Å². The Morgan fingerprint density at radius 3 is 2.29 bits per heavy atom. The lowest BCUT2D eigenvalue weighted by atomic mass is 10.1. The lowest BCUT2D eigenvalue weighted by Gasteiger charge is -2.35. The van der Waals surface area contributed by atoms with Crippen LogP contribution in [-0.2, 0) is 11.2 Å². The van der Waals surface area contributed by atoms with Crippen LogP contribution in [0.1, 0.15) is 43.1 Å². The number of nitrogens with zero attached hydrogens (tertiary/aromatic N) is 2. The molecule has 1 aliphatic heterocycles. The summed E-state index contributed by atoms with van der Waals surface area (Å²) in [6.07, 6.45) is 1.45. The van der Waals surface area contributed by atoms with Crippen LogP contribution in [0.15, 0.2) is 18.2 Å². The molecule has 0 radical (unpaired) electrons. The molecule has 0 aromatic heterocycles. The Labute approximate surface area is 144 Å². The van der Waals surface area contributed by atoms with E-state index in [0.717, 1.165) is 12.0 Å². The summed E-state index contributed by atoms with van der Waals surface area (Å²) in [6, 6.07) is 5.75. The minimum Gasteiger partial charge on any atom is -0.496 e. The monoisotopic (exact) mass is 332 g/mol. The third kappa shape index (κ3) is 4.28. The molecule has 0 saturated carbocycles. The number of rotatable bonds is 5. The maximum Gasteiger partial charge on any atom is 0.257 e. The van der Waals surface area contributed by atoms with Gasteiger partial charge in [0.05, 0.1) is 12.7 Å². The number of amides is 2. The second kappa shape index (κ2) is 8.18. The van der Waals surface area contributed by atoms with E-state index in [9.17, 15) is 9.59 Å². The molecule has 1 aromatic carbocycles. The van der Waals surface area contributed by atoms with Gasteiger partial charge >= 0.3 is 0 Å². The van der Waals surface area contributed by atoms with Crippen LogP contribution in [0.4, 0.5) is 0 Å². The molecule has 5 heteroatoms. The summed E-state index contributed by atoms with van der Waals surface area (Å²) >= 11 is 0. The van der Waals surface area contributed by atoms with Crippen LogP contribution in [0.2, 0.25) is 0 Å². The van der Waals surface area contributed by atoms with Gasteiger partial charge in [0.25, 0.3) is 5.91 Å². The third-order valence-corrected chi connectivity index (χ3v) is 4.41. The van der Waals surface area contributed by atoms with E-state index in [2.05, 4.69) is 6.92 Å². The number of carbonyl (C=O) groups excluding carboxylic acids is 2. The molecule has 2 rings (SSSR count). The van der Waals surface area contributed by atoms with Gasteiger partial charge in [-0.15, -0.1) is 0 Å². The molecular formula is C19H28N2O3. The van der Waals surface area contributed by atoms with Crippen LogP contribution in [-0.4, -0.2) is 54.9 Å². The van der Waals surface area contributed by atoms with E-state index < -0.39 is 0 Å². The molecule has 0 N–H and O–H groups in total. The zero-order valence-corrected chi connectivity index (χ0v) is 15.2. The molecule has 0 atom stereocenters. The zero-order valence-electron chi connectivity index (χ0n) is 15.2. The van der Waals surface area contributed by atoms with Crippen molar-refractivity contribution in [2.75, 3.05) is 33.3 Å². The number of carbonyl (C=O) groups is 2. The number of hydrogen-bond donors (Lipinski definition) is 0. The smallest absolute Gasteiger partial charge is 0.257 e. The van der Waals surface area contributed by atoms with Crippen molar-refractivity contribution in [1.82, 2.24) is 9.80 Å². The van der Waals surface area contributed by atoms with Gasteiger partial charge in [0.1, 0.15) is 5.75 Å².